The monoisotopic (exact) mass is 348 g/mol. The van der Waals surface area contributed by atoms with E-state index in [4.69, 9.17) is 5.11 Å². The summed E-state index contributed by atoms with van der Waals surface area (Å²) in [5.41, 5.74) is 1.58. The molecule has 0 saturated carbocycles. The normalized spacial score (nSPS) is 11.5. The number of thiophene rings is 1. The molecule has 6 nitrogen and oxygen atoms in total. The van der Waals surface area contributed by atoms with Crippen molar-refractivity contribution in [3.05, 3.63) is 53.5 Å². The van der Waals surface area contributed by atoms with Gasteiger partial charge in [-0.1, -0.05) is 12.1 Å². The third kappa shape index (κ3) is 3.49. The van der Waals surface area contributed by atoms with Crippen LogP contribution < -0.4 is 4.72 Å². The summed E-state index contributed by atoms with van der Waals surface area (Å²) >= 11 is 1.41. The van der Waals surface area contributed by atoms with Gasteiger partial charge in [0.15, 0.2) is 0 Å². The largest absolute Gasteiger partial charge is 0.481 e. The van der Waals surface area contributed by atoms with Crippen molar-refractivity contribution in [1.82, 2.24) is 4.98 Å². The predicted molar refractivity (Wildman–Crippen MR) is 88.2 cm³/mol. The molecule has 0 aliphatic carbocycles. The minimum absolute atomic E-state index is 0.0658. The number of fused-ring (bicyclic) bond motifs is 1. The second-order valence-corrected chi connectivity index (χ2v) is 7.48. The van der Waals surface area contributed by atoms with Crippen LogP contribution in [-0.4, -0.2) is 24.5 Å². The Balaban J connectivity index is 1.89. The Kier molecular flexibility index (Phi) is 4.01. The number of carbonyl (C=O) groups is 1. The van der Waals surface area contributed by atoms with E-state index < -0.39 is 16.0 Å². The summed E-state index contributed by atoms with van der Waals surface area (Å²) in [7, 11) is -3.78. The summed E-state index contributed by atoms with van der Waals surface area (Å²) in [6.45, 7) is 0. The van der Waals surface area contributed by atoms with E-state index in [1.807, 2.05) is 11.4 Å². The van der Waals surface area contributed by atoms with Crippen molar-refractivity contribution in [2.24, 2.45) is 0 Å². The lowest BCUT2D eigenvalue weighted by atomic mass is 10.1. The van der Waals surface area contributed by atoms with Crippen LogP contribution in [-0.2, 0) is 21.2 Å². The number of aromatic nitrogens is 1. The Morgan fingerprint density at radius 1 is 1.26 bits per heavy atom. The average molecular weight is 348 g/mol. The van der Waals surface area contributed by atoms with Crippen molar-refractivity contribution >= 4 is 43.2 Å². The van der Waals surface area contributed by atoms with E-state index in [2.05, 4.69) is 9.71 Å². The van der Waals surface area contributed by atoms with Crippen LogP contribution in [0.25, 0.3) is 10.2 Å². The number of carboxylic acid groups (broad SMARTS) is 1. The molecule has 0 radical (unpaired) electrons. The van der Waals surface area contributed by atoms with Crippen molar-refractivity contribution in [3.8, 4) is 0 Å². The van der Waals surface area contributed by atoms with Crippen molar-refractivity contribution in [2.45, 2.75) is 11.3 Å². The fraction of sp³-hybridized carbons (Fsp3) is 0.0667. The van der Waals surface area contributed by atoms with E-state index in [1.165, 1.54) is 23.6 Å². The van der Waals surface area contributed by atoms with E-state index in [1.54, 1.807) is 24.3 Å². The van der Waals surface area contributed by atoms with Crippen molar-refractivity contribution in [2.75, 3.05) is 4.72 Å². The number of rotatable bonds is 5. The fourth-order valence-electron chi connectivity index (χ4n) is 2.11. The summed E-state index contributed by atoms with van der Waals surface area (Å²) in [5, 5.41) is 10.6. The molecular weight excluding hydrogens is 336 g/mol. The van der Waals surface area contributed by atoms with E-state index in [9.17, 15) is 13.2 Å². The molecule has 2 aromatic heterocycles. The molecule has 0 amide bonds. The molecule has 2 N–H and O–H groups in total. The van der Waals surface area contributed by atoms with Gasteiger partial charge in [0, 0.05) is 11.9 Å². The number of anilines is 1. The molecule has 0 aliphatic heterocycles. The Morgan fingerprint density at radius 3 is 2.87 bits per heavy atom. The van der Waals surface area contributed by atoms with Gasteiger partial charge in [-0.05, 0) is 35.2 Å². The van der Waals surface area contributed by atoms with Crippen LogP contribution in [0.4, 0.5) is 5.69 Å². The van der Waals surface area contributed by atoms with Gasteiger partial charge in [0.05, 0.1) is 16.6 Å². The summed E-state index contributed by atoms with van der Waals surface area (Å²) in [5.74, 6) is -0.975. The molecule has 1 aromatic carbocycles. The van der Waals surface area contributed by atoms with Crippen LogP contribution in [0.15, 0.2) is 52.9 Å². The first-order valence-corrected chi connectivity index (χ1v) is 8.97. The molecule has 3 rings (SSSR count). The number of pyridine rings is 1. The predicted octanol–water partition coefficient (Wildman–Crippen LogP) is 2.72. The van der Waals surface area contributed by atoms with Gasteiger partial charge in [-0.15, -0.1) is 11.3 Å². The molecule has 2 heterocycles. The van der Waals surface area contributed by atoms with Crippen molar-refractivity contribution in [3.63, 3.8) is 0 Å². The number of nitrogens with zero attached hydrogens (tertiary/aromatic N) is 1. The molecule has 0 bridgehead atoms. The smallest absolute Gasteiger partial charge is 0.307 e. The summed E-state index contributed by atoms with van der Waals surface area (Å²) in [6, 6.07) is 9.69. The Hall–Kier alpha value is -2.45. The average Bonchev–Trinajstić information content (AvgIpc) is 2.93. The summed E-state index contributed by atoms with van der Waals surface area (Å²) in [4.78, 5) is 14.9. The second kappa shape index (κ2) is 5.98. The maximum atomic E-state index is 12.4. The summed E-state index contributed by atoms with van der Waals surface area (Å²) < 4.78 is 28.1. The molecule has 0 saturated heterocycles. The Morgan fingerprint density at radius 2 is 2.09 bits per heavy atom. The number of benzene rings is 1. The number of sulfonamides is 1. The molecule has 0 fully saturated rings. The first-order chi connectivity index (χ1) is 10.9. The van der Waals surface area contributed by atoms with E-state index in [0.29, 0.717) is 11.3 Å². The van der Waals surface area contributed by atoms with Gasteiger partial charge in [-0.25, -0.2) is 8.42 Å². The van der Waals surface area contributed by atoms with Gasteiger partial charge >= 0.3 is 5.97 Å². The second-order valence-electron chi connectivity index (χ2n) is 4.85. The van der Waals surface area contributed by atoms with Crippen molar-refractivity contribution < 1.29 is 18.3 Å². The molecule has 0 aliphatic rings. The quantitative estimate of drug-likeness (QED) is 0.739. The van der Waals surface area contributed by atoms with Crippen LogP contribution in [0, 0.1) is 0 Å². The third-order valence-electron chi connectivity index (χ3n) is 3.12. The maximum absolute atomic E-state index is 12.4. The minimum Gasteiger partial charge on any atom is -0.481 e. The van der Waals surface area contributed by atoms with Gasteiger partial charge < -0.3 is 5.11 Å². The zero-order valence-corrected chi connectivity index (χ0v) is 13.4. The van der Waals surface area contributed by atoms with Crippen LogP contribution >= 0.6 is 11.3 Å². The highest BCUT2D eigenvalue weighted by molar-refractivity contribution is 7.92. The van der Waals surface area contributed by atoms with E-state index >= 15 is 0 Å². The van der Waals surface area contributed by atoms with Crippen LogP contribution in [0.1, 0.15) is 5.56 Å². The molecule has 118 valence electrons. The Labute approximate surface area is 136 Å². The molecule has 0 unspecified atom stereocenters. The van der Waals surface area contributed by atoms with Crippen molar-refractivity contribution in [1.29, 1.82) is 0 Å². The topological polar surface area (TPSA) is 96.4 Å². The van der Waals surface area contributed by atoms with E-state index in [0.717, 1.165) is 10.2 Å². The lowest BCUT2D eigenvalue weighted by Crippen LogP contribution is -2.13. The highest BCUT2D eigenvalue weighted by Gasteiger charge is 2.16. The standard InChI is InChI=1S/C15H12N2O4S2/c18-15(19)7-10-2-1-3-11(6-10)17-23(20,21)12-8-14-13(16-9-12)4-5-22-14/h1-6,8-9,17H,7H2,(H,18,19). The lowest BCUT2D eigenvalue weighted by molar-refractivity contribution is -0.136. The minimum atomic E-state index is -3.78. The highest BCUT2D eigenvalue weighted by Crippen LogP contribution is 2.23. The van der Waals surface area contributed by atoms with Gasteiger partial charge in [-0.3, -0.25) is 14.5 Å². The molecule has 8 heteroatoms. The fourth-order valence-corrected chi connectivity index (χ4v) is 3.98. The zero-order chi connectivity index (χ0) is 16.4. The highest BCUT2D eigenvalue weighted by atomic mass is 32.2. The number of aliphatic carboxylic acids is 1. The molecule has 0 spiro atoms. The summed E-state index contributed by atoms with van der Waals surface area (Å²) in [6.07, 6.45) is 1.14. The molecular formula is C15H12N2O4S2. The van der Waals surface area contributed by atoms with Crippen LogP contribution in [0.2, 0.25) is 0 Å². The first-order valence-electron chi connectivity index (χ1n) is 6.61. The lowest BCUT2D eigenvalue weighted by Gasteiger charge is -2.09. The molecule has 3 aromatic rings. The van der Waals surface area contributed by atoms with Crippen LogP contribution in [0.5, 0.6) is 0 Å². The molecule has 0 atom stereocenters. The number of nitrogens with one attached hydrogen (secondary N) is 1. The first kappa shape index (κ1) is 15.4. The third-order valence-corrected chi connectivity index (χ3v) is 5.32. The van der Waals surface area contributed by atoms with Gasteiger partial charge in [-0.2, -0.15) is 0 Å². The zero-order valence-electron chi connectivity index (χ0n) is 11.8. The SMILES string of the molecule is O=C(O)Cc1cccc(NS(=O)(=O)c2cnc3ccsc3c2)c1. The number of carboxylic acids is 1. The molecule has 23 heavy (non-hydrogen) atoms. The van der Waals surface area contributed by atoms with Gasteiger partial charge in [0.25, 0.3) is 10.0 Å². The van der Waals surface area contributed by atoms with Crippen LogP contribution in [0.3, 0.4) is 0 Å². The Bertz CT molecular complexity index is 980. The maximum Gasteiger partial charge on any atom is 0.307 e. The number of hydrogen-bond acceptors (Lipinski definition) is 5. The van der Waals surface area contributed by atoms with E-state index in [-0.39, 0.29) is 11.3 Å². The van der Waals surface area contributed by atoms with Gasteiger partial charge in [0.2, 0.25) is 0 Å². The van der Waals surface area contributed by atoms with Gasteiger partial charge in [0.1, 0.15) is 4.90 Å². The number of hydrogen-bond donors (Lipinski definition) is 2.